The van der Waals surface area contributed by atoms with Crippen molar-refractivity contribution in [2.75, 3.05) is 0 Å². The number of hydrogen-bond donors (Lipinski definition) is 2. The molecule has 2 aromatic rings. The van der Waals surface area contributed by atoms with E-state index in [2.05, 4.69) is 0 Å². The maximum atomic E-state index is 13.6. The molecule has 2 N–H and O–H groups in total. The highest BCUT2D eigenvalue weighted by Gasteiger charge is 2.22. The van der Waals surface area contributed by atoms with Crippen LogP contribution in [0.3, 0.4) is 0 Å². The highest BCUT2D eigenvalue weighted by molar-refractivity contribution is 5.89. The molecule has 2 aromatic carbocycles. The van der Waals surface area contributed by atoms with Crippen LogP contribution in [0.4, 0.5) is 13.2 Å². The summed E-state index contributed by atoms with van der Waals surface area (Å²) >= 11 is 0. The highest BCUT2D eigenvalue weighted by Crippen LogP contribution is 2.28. The first-order valence-corrected chi connectivity index (χ1v) is 5.56. The normalized spacial score (nSPS) is 12.2. The SMILES string of the molecule is O=C(O)c1ccccc1C(O)c1cc(F)c(F)cc1F. The molecule has 0 amide bonds. The average Bonchev–Trinajstić information content (AvgIpc) is 2.42. The molecular weight excluding hydrogens is 273 g/mol. The predicted molar refractivity (Wildman–Crippen MR) is 63.8 cm³/mol. The average molecular weight is 282 g/mol. The Hall–Kier alpha value is -2.34. The van der Waals surface area contributed by atoms with Gasteiger partial charge in [0.2, 0.25) is 0 Å². The molecule has 0 saturated carbocycles. The minimum absolute atomic E-state index is 0.107. The molecule has 0 fully saturated rings. The van der Waals surface area contributed by atoms with E-state index in [1.807, 2.05) is 0 Å². The van der Waals surface area contributed by atoms with Crippen LogP contribution in [0.1, 0.15) is 27.6 Å². The topological polar surface area (TPSA) is 57.5 Å². The largest absolute Gasteiger partial charge is 0.478 e. The van der Waals surface area contributed by atoms with Crippen LogP contribution in [0, 0.1) is 17.5 Å². The van der Waals surface area contributed by atoms with Crippen LogP contribution in [-0.2, 0) is 0 Å². The zero-order valence-corrected chi connectivity index (χ0v) is 9.98. The molecule has 6 heteroatoms. The molecule has 0 aromatic heterocycles. The molecule has 1 unspecified atom stereocenters. The quantitative estimate of drug-likeness (QED) is 0.851. The third kappa shape index (κ3) is 2.50. The van der Waals surface area contributed by atoms with Crippen molar-refractivity contribution in [2.24, 2.45) is 0 Å². The molecule has 0 bridgehead atoms. The fraction of sp³-hybridized carbons (Fsp3) is 0.0714. The van der Waals surface area contributed by atoms with Crippen molar-refractivity contribution in [3.05, 3.63) is 70.5 Å². The molecule has 0 aliphatic rings. The molecule has 0 aliphatic heterocycles. The zero-order chi connectivity index (χ0) is 14.9. The van der Waals surface area contributed by atoms with Crippen molar-refractivity contribution in [3.63, 3.8) is 0 Å². The fourth-order valence-electron chi connectivity index (χ4n) is 1.85. The molecule has 0 heterocycles. The summed E-state index contributed by atoms with van der Waals surface area (Å²) in [5.74, 6) is -5.18. The van der Waals surface area contributed by atoms with Crippen molar-refractivity contribution in [1.29, 1.82) is 0 Å². The standard InChI is InChI=1S/C14H9F3O3/c15-10-6-12(17)11(16)5-9(10)13(18)7-3-1-2-4-8(7)14(19)20/h1-6,13,18H,(H,19,20). The number of carboxylic acids is 1. The van der Waals surface area contributed by atoms with Gasteiger partial charge in [0.15, 0.2) is 11.6 Å². The number of aliphatic hydroxyl groups is 1. The van der Waals surface area contributed by atoms with Gasteiger partial charge in [-0.05, 0) is 17.7 Å². The number of benzene rings is 2. The maximum absolute atomic E-state index is 13.6. The van der Waals surface area contributed by atoms with Crippen LogP contribution in [0.15, 0.2) is 36.4 Å². The van der Waals surface area contributed by atoms with E-state index in [-0.39, 0.29) is 11.1 Å². The molecule has 2 rings (SSSR count). The van der Waals surface area contributed by atoms with E-state index in [9.17, 15) is 23.1 Å². The number of aliphatic hydroxyl groups excluding tert-OH is 1. The van der Waals surface area contributed by atoms with E-state index < -0.39 is 35.1 Å². The summed E-state index contributed by atoms with van der Waals surface area (Å²) in [6.45, 7) is 0. The monoisotopic (exact) mass is 282 g/mol. The maximum Gasteiger partial charge on any atom is 0.336 e. The van der Waals surface area contributed by atoms with Gasteiger partial charge < -0.3 is 10.2 Å². The Kier molecular flexibility index (Phi) is 3.76. The molecular formula is C14H9F3O3. The second-order valence-electron chi connectivity index (χ2n) is 4.08. The van der Waals surface area contributed by atoms with Gasteiger partial charge in [0.25, 0.3) is 0 Å². The van der Waals surface area contributed by atoms with Crippen molar-refractivity contribution < 1.29 is 28.2 Å². The lowest BCUT2D eigenvalue weighted by molar-refractivity contribution is 0.0691. The summed E-state index contributed by atoms with van der Waals surface area (Å²) in [6.07, 6.45) is -1.71. The first kappa shape index (κ1) is 14.1. The lowest BCUT2D eigenvalue weighted by Gasteiger charge is -2.15. The predicted octanol–water partition coefficient (Wildman–Crippen LogP) is 2.88. The molecule has 0 aliphatic carbocycles. The van der Waals surface area contributed by atoms with Gasteiger partial charge in [0, 0.05) is 11.6 Å². The van der Waals surface area contributed by atoms with Gasteiger partial charge in [-0.2, -0.15) is 0 Å². The summed E-state index contributed by atoms with van der Waals surface area (Å²) in [7, 11) is 0. The van der Waals surface area contributed by atoms with Crippen LogP contribution in [0.5, 0.6) is 0 Å². The molecule has 1 atom stereocenters. The lowest BCUT2D eigenvalue weighted by atomic mass is 9.96. The summed E-state index contributed by atoms with van der Waals surface area (Å²) in [5.41, 5.74) is -0.883. The third-order valence-electron chi connectivity index (χ3n) is 2.82. The van der Waals surface area contributed by atoms with Gasteiger partial charge in [-0.3, -0.25) is 0 Å². The van der Waals surface area contributed by atoms with Crippen LogP contribution < -0.4 is 0 Å². The van der Waals surface area contributed by atoms with Crippen molar-refractivity contribution in [3.8, 4) is 0 Å². The zero-order valence-electron chi connectivity index (χ0n) is 9.98. The molecule has 0 saturated heterocycles. The lowest BCUT2D eigenvalue weighted by Crippen LogP contribution is -2.10. The minimum Gasteiger partial charge on any atom is -0.478 e. The van der Waals surface area contributed by atoms with Crippen molar-refractivity contribution >= 4 is 5.97 Å². The Balaban J connectivity index is 2.55. The van der Waals surface area contributed by atoms with Gasteiger partial charge in [-0.15, -0.1) is 0 Å². The van der Waals surface area contributed by atoms with Crippen LogP contribution in [-0.4, -0.2) is 16.2 Å². The second kappa shape index (κ2) is 5.34. The number of carbonyl (C=O) groups is 1. The van der Waals surface area contributed by atoms with Gasteiger partial charge in [0.1, 0.15) is 11.9 Å². The number of rotatable bonds is 3. The smallest absolute Gasteiger partial charge is 0.336 e. The Labute approximate surface area is 111 Å². The summed E-state index contributed by atoms with van der Waals surface area (Å²) in [4.78, 5) is 11.0. The molecule has 0 radical (unpaired) electrons. The van der Waals surface area contributed by atoms with Gasteiger partial charge in [0.05, 0.1) is 5.56 Å². The van der Waals surface area contributed by atoms with E-state index >= 15 is 0 Å². The van der Waals surface area contributed by atoms with Crippen LogP contribution in [0.25, 0.3) is 0 Å². The molecule has 104 valence electrons. The Morgan fingerprint density at radius 2 is 1.55 bits per heavy atom. The van der Waals surface area contributed by atoms with Gasteiger partial charge in [-0.1, -0.05) is 18.2 Å². The Morgan fingerprint density at radius 3 is 2.20 bits per heavy atom. The Morgan fingerprint density at radius 1 is 0.950 bits per heavy atom. The molecule has 3 nitrogen and oxygen atoms in total. The van der Waals surface area contributed by atoms with E-state index in [1.165, 1.54) is 24.3 Å². The molecule has 0 spiro atoms. The number of aromatic carboxylic acids is 1. The summed E-state index contributed by atoms with van der Waals surface area (Å²) in [5, 5.41) is 19.0. The number of halogens is 3. The fourth-order valence-corrected chi connectivity index (χ4v) is 1.85. The van der Waals surface area contributed by atoms with E-state index in [0.29, 0.717) is 12.1 Å². The third-order valence-corrected chi connectivity index (χ3v) is 2.82. The summed E-state index contributed by atoms with van der Waals surface area (Å²) < 4.78 is 39.6. The number of hydrogen-bond acceptors (Lipinski definition) is 2. The van der Waals surface area contributed by atoms with Crippen molar-refractivity contribution in [2.45, 2.75) is 6.10 Å². The van der Waals surface area contributed by atoms with Crippen LogP contribution >= 0.6 is 0 Å². The van der Waals surface area contributed by atoms with E-state index in [0.717, 1.165) is 0 Å². The van der Waals surface area contributed by atoms with E-state index in [1.54, 1.807) is 0 Å². The van der Waals surface area contributed by atoms with Crippen molar-refractivity contribution in [1.82, 2.24) is 0 Å². The first-order valence-electron chi connectivity index (χ1n) is 5.56. The molecule has 20 heavy (non-hydrogen) atoms. The van der Waals surface area contributed by atoms with Gasteiger partial charge in [-0.25, -0.2) is 18.0 Å². The second-order valence-corrected chi connectivity index (χ2v) is 4.08. The number of carboxylic acid groups (broad SMARTS) is 1. The Bertz CT molecular complexity index is 671. The minimum atomic E-state index is -1.71. The van der Waals surface area contributed by atoms with E-state index in [4.69, 9.17) is 5.11 Å². The first-order chi connectivity index (χ1) is 9.41. The van der Waals surface area contributed by atoms with Crippen LogP contribution in [0.2, 0.25) is 0 Å². The van der Waals surface area contributed by atoms with Gasteiger partial charge >= 0.3 is 5.97 Å². The highest BCUT2D eigenvalue weighted by atomic mass is 19.2. The summed E-state index contributed by atoms with van der Waals surface area (Å²) in [6, 6.07) is 6.18.